The Morgan fingerprint density at radius 2 is 2.04 bits per heavy atom. The van der Waals surface area contributed by atoms with Gasteiger partial charge in [0, 0.05) is 17.3 Å². The number of nitrogens with one attached hydrogen (secondary N) is 1. The number of phenols is 1. The van der Waals surface area contributed by atoms with Gasteiger partial charge in [0.05, 0.1) is 18.8 Å². The highest BCUT2D eigenvalue weighted by atomic mass is 16.5. The van der Waals surface area contributed by atoms with Crippen LogP contribution < -0.4 is 10.1 Å². The van der Waals surface area contributed by atoms with Crippen LogP contribution in [0.15, 0.2) is 40.7 Å². The molecule has 1 aliphatic carbocycles. The maximum Gasteiger partial charge on any atom is 0.336 e. The first-order valence-corrected chi connectivity index (χ1v) is 10.1. The summed E-state index contributed by atoms with van der Waals surface area (Å²) in [7, 11) is 0. The highest BCUT2D eigenvalue weighted by molar-refractivity contribution is 5.92. The molecular weight excluding hydrogens is 354 g/mol. The summed E-state index contributed by atoms with van der Waals surface area (Å²) in [5.41, 5.74) is 4.98. The third-order valence-electron chi connectivity index (χ3n) is 5.61. The number of esters is 1. The highest BCUT2D eigenvalue weighted by Crippen LogP contribution is 2.49. The molecule has 0 fully saturated rings. The maximum absolute atomic E-state index is 12.8. The number of aromatic hydroxyl groups is 1. The SMILES string of the molecule is CCOC(=O)C1=C(C)NC2=C(CCC(C)(C)C2)C1c1ccc(OCC)c(O)c1. The first-order valence-electron chi connectivity index (χ1n) is 10.1. The summed E-state index contributed by atoms with van der Waals surface area (Å²) in [5.74, 6) is 0.0322. The average Bonchev–Trinajstić information content (AvgIpc) is 2.61. The van der Waals surface area contributed by atoms with Crippen molar-refractivity contribution in [1.82, 2.24) is 5.32 Å². The normalized spacial score (nSPS) is 21.1. The van der Waals surface area contributed by atoms with Crippen LogP contribution >= 0.6 is 0 Å². The molecular formula is C23H31NO4. The Morgan fingerprint density at radius 1 is 1.29 bits per heavy atom. The van der Waals surface area contributed by atoms with Gasteiger partial charge in [-0.2, -0.15) is 0 Å². The van der Waals surface area contributed by atoms with Gasteiger partial charge in [0.15, 0.2) is 11.5 Å². The van der Waals surface area contributed by atoms with Crippen molar-refractivity contribution >= 4 is 5.97 Å². The van der Waals surface area contributed by atoms with E-state index in [-0.39, 0.29) is 23.1 Å². The first-order chi connectivity index (χ1) is 13.3. The minimum atomic E-state index is -0.303. The molecule has 5 heteroatoms. The predicted molar refractivity (Wildman–Crippen MR) is 109 cm³/mol. The zero-order valence-electron chi connectivity index (χ0n) is 17.5. The van der Waals surface area contributed by atoms with E-state index in [9.17, 15) is 9.90 Å². The van der Waals surface area contributed by atoms with Crippen molar-refractivity contribution in [3.8, 4) is 11.5 Å². The van der Waals surface area contributed by atoms with Crippen LogP contribution in [-0.4, -0.2) is 24.3 Å². The lowest BCUT2D eigenvalue weighted by molar-refractivity contribution is -0.138. The molecule has 0 saturated heterocycles. The molecule has 1 heterocycles. The Hall–Kier alpha value is -2.43. The van der Waals surface area contributed by atoms with E-state index in [1.165, 1.54) is 11.3 Å². The molecule has 0 bridgehead atoms. The van der Waals surface area contributed by atoms with Crippen LogP contribution in [0.2, 0.25) is 0 Å². The Kier molecular flexibility index (Phi) is 5.73. The van der Waals surface area contributed by atoms with Crippen molar-refractivity contribution < 1.29 is 19.4 Å². The molecule has 0 radical (unpaired) electrons. The van der Waals surface area contributed by atoms with Crippen LogP contribution in [0, 0.1) is 5.41 Å². The van der Waals surface area contributed by atoms with E-state index in [0.29, 0.717) is 24.5 Å². The Bertz CT molecular complexity index is 835. The molecule has 0 aromatic heterocycles. The summed E-state index contributed by atoms with van der Waals surface area (Å²) < 4.78 is 10.8. The molecule has 2 aliphatic rings. The number of rotatable bonds is 5. The number of hydrogen-bond donors (Lipinski definition) is 2. The molecule has 0 amide bonds. The fraction of sp³-hybridized carbons (Fsp3) is 0.522. The molecule has 1 aromatic carbocycles. The quantitative estimate of drug-likeness (QED) is 0.714. The fourth-order valence-electron chi connectivity index (χ4n) is 4.27. The van der Waals surface area contributed by atoms with Crippen molar-refractivity contribution in [3.63, 3.8) is 0 Å². The zero-order chi connectivity index (χ0) is 20.5. The summed E-state index contributed by atoms with van der Waals surface area (Å²) in [4.78, 5) is 12.8. The van der Waals surface area contributed by atoms with Crippen molar-refractivity contribution in [3.05, 3.63) is 46.3 Å². The lowest BCUT2D eigenvalue weighted by atomic mass is 9.69. The van der Waals surface area contributed by atoms with Crippen LogP contribution in [0.3, 0.4) is 0 Å². The average molecular weight is 386 g/mol. The van der Waals surface area contributed by atoms with Crippen LogP contribution in [0.1, 0.15) is 65.4 Å². The van der Waals surface area contributed by atoms with Gasteiger partial charge in [-0.1, -0.05) is 19.9 Å². The summed E-state index contributed by atoms with van der Waals surface area (Å²) >= 11 is 0. The second kappa shape index (κ2) is 7.90. The highest BCUT2D eigenvalue weighted by Gasteiger charge is 2.39. The van der Waals surface area contributed by atoms with E-state index < -0.39 is 0 Å². The molecule has 1 aromatic rings. The number of carbonyl (C=O) groups is 1. The first kappa shape index (κ1) is 20.3. The maximum atomic E-state index is 12.8. The number of allylic oxidation sites excluding steroid dienone is 3. The molecule has 152 valence electrons. The molecule has 3 rings (SSSR count). The molecule has 1 atom stereocenters. The van der Waals surface area contributed by atoms with Gasteiger partial charge in [-0.25, -0.2) is 4.79 Å². The molecule has 1 aliphatic heterocycles. The Labute approximate surface area is 167 Å². The number of dihydropyridines is 1. The summed E-state index contributed by atoms with van der Waals surface area (Å²) in [5, 5.41) is 13.9. The number of benzene rings is 1. The number of ether oxygens (including phenoxy) is 2. The van der Waals surface area contributed by atoms with Crippen LogP contribution in [0.25, 0.3) is 0 Å². The number of carbonyl (C=O) groups excluding carboxylic acids is 1. The predicted octanol–water partition coefficient (Wildman–Crippen LogP) is 4.78. The lowest BCUT2D eigenvalue weighted by Crippen LogP contribution is -2.34. The second-order valence-corrected chi connectivity index (χ2v) is 8.32. The summed E-state index contributed by atoms with van der Waals surface area (Å²) in [6, 6.07) is 5.44. The van der Waals surface area contributed by atoms with Gasteiger partial charge in [-0.05, 0) is 68.7 Å². The van der Waals surface area contributed by atoms with Crippen LogP contribution in [-0.2, 0) is 9.53 Å². The minimum Gasteiger partial charge on any atom is -0.504 e. The molecule has 5 nitrogen and oxygen atoms in total. The van der Waals surface area contributed by atoms with Gasteiger partial charge in [0.2, 0.25) is 0 Å². The van der Waals surface area contributed by atoms with E-state index in [1.54, 1.807) is 12.1 Å². The van der Waals surface area contributed by atoms with Gasteiger partial charge in [-0.3, -0.25) is 0 Å². The van der Waals surface area contributed by atoms with E-state index >= 15 is 0 Å². The second-order valence-electron chi connectivity index (χ2n) is 8.32. The van der Waals surface area contributed by atoms with Gasteiger partial charge in [0.1, 0.15) is 0 Å². The molecule has 28 heavy (non-hydrogen) atoms. The van der Waals surface area contributed by atoms with E-state index in [0.717, 1.165) is 30.5 Å². The van der Waals surface area contributed by atoms with Crippen LogP contribution in [0.4, 0.5) is 0 Å². The summed E-state index contributed by atoms with van der Waals surface area (Å²) in [6.45, 7) is 11.0. The number of hydrogen-bond acceptors (Lipinski definition) is 5. The zero-order valence-corrected chi connectivity index (χ0v) is 17.5. The molecule has 0 saturated carbocycles. The largest absolute Gasteiger partial charge is 0.504 e. The smallest absolute Gasteiger partial charge is 0.336 e. The van der Waals surface area contributed by atoms with Crippen LogP contribution in [0.5, 0.6) is 11.5 Å². The van der Waals surface area contributed by atoms with Crippen molar-refractivity contribution in [2.75, 3.05) is 13.2 Å². The third-order valence-corrected chi connectivity index (χ3v) is 5.61. The van der Waals surface area contributed by atoms with Crippen molar-refractivity contribution in [2.45, 2.75) is 59.8 Å². The standard InChI is InChI=1S/C23H31NO4/c1-6-27-19-9-8-15(12-18(19)25)21-16-10-11-23(4,5)13-17(16)24-14(3)20(21)22(26)28-7-2/h8-9,12,21,24-25H,6-7,10-11,13H2,1-5H3. The minimum absolute atomic E-state index is 0.0945. The molecule has 0 spiro atoms. The monoisotopic (exact) mass is 385 g/mol. The summed E-state index contributed by atoms with van der Waals surface area (Å²) in [6.07, 6.45) is 2.90. The van der Waals surface area contributed by atoms with E-state index in [2.05, 4.69) is 19.2 Å². The molecule has 2 N–H and O–H groups in total. The Morgan fingerprint density at radius 3 is 2.68 bits per heavy atom. The van der Waals surface area contributed by atoms with E-state index in [1.807, 2.05) is 26.8 Å². The van der Waals surface area contributed by atoms with E-state index in [4.69, 9.17) is 9.47 Å². The lowest BCUT2D eigenvalue weighted by Gasteiger charge is -2.40. The molecule has 1 unspecified atom stereocenters. The van der Waals surface area contributed by atoms with Gasteiger partial charge in [-0.15, -0.1) is 0 Å². The Balaban J connectivity index is 2.10. The van der Waals surface area contributed by atoms with Gasteiger partial charge < -0.3 is 19.9 Å². The van der Waals surface area contributed by atoms with Crippen molar-refractivity contribution in [2.24, 2.45) is 5.41 Å². The topological polar surface area (TPSA) is 67.8 Å². The van der Waals surface area contributed by atoms with Gasteiger partial charge >= 0.3 is 5.97 Å². The third kappa shape index (κ3) is 3.89. The number of phenolic OH excluding ortho intramolecular Hbond substituents is 1. The van der Waals surface area contributed by atoms with Crippen molar-refractivity contribution in [1.29, 1.82) is 0 Å². The van der Waals surface area contributed by atoms with Gasteiger partial charge in [0.25, 0.3) is 0 Å². The fourth-order valence-corrected chi connectivity index (χ4v) is 4.27.